The highest BCUT2D eigenvalue weighted by molar-refractivity contribution is 5.86. The van der Waals surface area contributed by atoms with Crippen LogP contribution in [0.15, 0.2) is 82.1 Å². The minimum atomic E-state index is -0.238. The minimum absolute atomic E-state index is 0.0381. The molecule has 3 aromatic rings. The second-order valence-electron chi connectivity index (χ2n) is 6.67. The molecule has 0 heterocycles. The van der Waals surface area contributed by atoms with Crippen molar-refractivity contribution in [1.29, 1.82) is 0 Å². The van der Waals surface area contributed by atoms with E-state index in [9.17, 15) is 9.90 Å². The first-order chi connectivity index (χ1) is 14.0. The molecule has 0 bridgehead atoms. The van der Waals surface area contributed by atoms with E-state index in [4.69, 9.17) is 0 Å². The maximum Gasteiger partial charge on any atom is 0.244 e. The van der Waals surface area contributed by atoms with Gasteiger partial charge in [0.1, 0.15) is 5.75 Å². The van der Waals surface area contributed by atoms with Crippen LogP contribution in [0.2, 0.25) is 0 Å². The van der Waals surface area contributed by atoms with Gasteiger partial charge in [-0.2, -0.15) is 15.3 Å². The van der Waals surface area contributed by atoms with Gasteiger partial charge in [0.25, 0.3) is 0 Å². The number of aromatic hydroxyl groups is 1. The van der Waals surface area contributed by atoms with Gasteiger partial charge in [0.05, 0.1) is 24.0 Å². The number of amides is 1. The van der Waals surface area contributed by atoms with Crippen molar-refractivity contribution in [2.45, 2.75) is 20.3 Å². The Bertz CT molecular complexity index is 1060. The monoisotopic (exact) mass is 386 g/mol. The van der Waals surface area contributed by atoms with Crippen molar-refractivity contribution >= 4 is 23.5 Å². The maximum atomic E-state index is 11.9. The Kier molecular flexibility index (Phi) is 6.47. The first kappa shape index (κ1) is 19.9. The van der Waals surface area contributed by atoms with E-state index in [-0.39, 0.29) is 18.1 Å². The van der Waals surface area contributed by atoms with Crippen molar-refractivity contribution in [2.24, 2.45) is 15.3 Å². The number of azo groups is 1. The molecular formula is C23H22N4O2. The largest absolute Gasteiger partial charge is 0.507 e. The summed E-state index contributed by atoms with van der Waals surface area (Å²) in [7, 11) is 0. The van der Waals surface area contributed by atoms with E-state index < -0.39 is 0 Å². The molecular weight excluding hydrogens is 364 g/mol. The molecule has 2 N–H and O–H groups in total. The SMILES string of the molecule is Cc1ccc(N=Nc2ccc(O)c(/C=N\NC(=O)Cc3ccccc3)c2)cc1C. The van der Waals surface area contributed by atoms with Crippen molar-refractivity contribution < 1.29 is 9.90 Å². The van der Waals surface area contributed by atoms with Crippen LogP contribution in [0.3, 0.4) is 0 Å². The van der Waals surface area contributed by atoms with Crippen LogP contribution in [0.5, 0.6) is 5.75 Å². The molecule has 6 nitrogen and oxygen atoms in total. The van der Waals surface area contributed by atoms with Crippen LogP contribution in [-0.4, -0.2) is 17.2 Å². The van der Waals surface area contributed by atoms with Gasteiger partial charge in [0.2, 0.25) is 5.91 Å². The van der Waals surface area contributed by atoms with Crippen molar-refractivity contribution in [1.82, 2.24) is 5.43 Å². The molecule has 1 amide bonds. The van der Waals surface area contributed by atoms with Crippen molar-refractivity contribution in [3.63, 3.8) is 0 Å². The predicted octanol–water partition coefficient (Wildman–Crippen LogP) is 5.12. The maximum absolute atomic E-state index is 11.9. The second-order valence-corrected chi connectivity index (χ2v) is 6.67. The number of hydrogen-bond acceptors (Lipinski definition) is 5. The quantitative estimate of drug-likeness (QED) is 0.350. The summed E-state index contributed by atoms with van der Waals surface area (Å²) >= 11 is 0. The number of hydrazone groups is 1. The number of phenols is 1. The predicted molar refractivity (Wildman–Crippen MR) is 114 cm³/mol. The fourth-order valence-electron chi connectivity index (χ4n) is 2.61. The minimum Gasteiger partial charge on any atom is -0.507 e. The molecule has 0 saturated heterocycles. The molecule has 6 heteroatoms. The lowest BCUT2D eigenvalue weighted by molar-refractivity contribution is -0.120. The number of hydrogen-bond donors (Lipinski definition) is 2. The molecule has 3 rings (SSSR count). The summed E-state index contributed by atoms with van der Waals surface area (Å²) in [4.78, 5) is 11.9. The summed E-state index contributed by atoms with van der Waals surface area (Å²) in [6.07, 6.45) is 1.61. The van der Waals surface area contributed by atoms with Gasteiger partial charge in [-0.3, -0.25) is 4.79 Å². The van der Waals surface area contributed by atoms with Gasteiger partial charge in [-0.15, -0.1) is 0 Å². The zero-order chi connectivity index (χ0) is 20.6. The number of rotatable bonds is 6. The van der Waals surface area contributed by atoms with Crippen molar-refractivity contribution in [3.05, 3.63) is 89.0 Å². The lowest BCUT2D eigenvalue weighted by Gasteiger charge is -2.02. The molecule has 0 aliphatic rings. The van der Waals surface area contributed by atoms with E-state index in [2.05, 4.69) is 20.8 Å². The van der Waals surface area contributed by atoms with E-state index in [1.807, 2.05) is 62.4 Å². The van der Waals surface area contributed by atoms with E-state index in [1.165, 1.54) is 17.8 Å². The van der Waals surface area contributed by atoms with Crippen molar-refractivity contribution in [2.75, 3.05) is 0 Å². The Labute approximate surface area is 169 Å². The van der Waals surface area contributed by atoms with Crippen LogP contribution in [0, 0.1) is 13.8 Å². The summed E-state index contributed by atoms with van der Waals surface area (Å²) in [6.45, 7) is 4.07. The lowest BCUT2D eigenvalue weighted by Crippen LogP contribution is -2.19. The second kappa shape index (κ2) is 9.41. The van der Waals surface area contributed by atoms with Gasteiger partial charge < -0.3 is 5.11 Å². The molecule has 0 unspecified atom stereocenters. The third-order valence-corrected chi connectivity index (χ3v) is 4.38. The normalized spacial score (nSPS) is 11.2. The first-order valence-corrected chi connectivity index (χ1v) is 9.19. The molecule has 3 aromatic carbocycles. The third kappa shape index (κ3) is 5.84. The van der Waals surface area contributed by atoms with Gasteiger partial charge in [-0.1, -0.05) is 36.4 Å². The van der Waals surface area contributed by atoms with Gasteiger partial charge in [0, 0.05) is 5.56 Å². The summed E-state index contributed by atoms with van der Waals surface area (Å²) < 4.78 is 0. The van der Waals surface area contributed by atoms with E-state index >= 15 is 0 Å². The van der Waals surface area contributed by atoms with E-state index in [0.29, 0.717) is 11.3 Å². The van der Waals surface area contributed by atoms with Crippen LogP contribution in [0.25, 0.3) is 0 Å². The molecule has 0 radical (unpaired) electrons. The number of carbonyl (C=O) groups excluding carboxylic acids is 1. The van der Waals surface area contributed by atoms with Gasteiger partial charge >= 0.3 is 0 Å². The fourth-order valence-corrected chi connectivity index (χ4v) is 2.61. The number of phenolic OH excluding ortho intramolecular Hbond substituents is 1. The Morgan fingerprint density at radius 1 is 0.931 bits per heavy atom. The smallest absolute Gasteiger partial charge is 0.244 e. The molecule has 29 heavy (non-hydrogen) atoms. The fraction of sp³-hybridized carbons (Fsp3) is 0.130. The van der Waals surface area contributed by atoms with Gasteiger partial charge in [-0.25, -0.2) is 5.43 Å². The Morgan fingerprint density at radius 3 is 2.34 bits per heavy atom. The molecule has 0 saturated carbocycles. The van der Waals surface area contributed by atoms with Crippen LogP contribution in [-0.2, 0) is 11.2 Å². The van der Waals surface area contributed by atoms with E-state index in [1.54, 1.807) is 12.1 Å². The molecule has 0 spiro atoms. The number of nitrogens with one attached hydrogen (secondary N) is 1. The zero-order valence-corrected chi connectivity index (χ0v) is 16.3. The molecule has 0 aliphatic carbocycles. The average molecular weight is 386 g/mol. The number of aryl methyl sites for hydroxylation is 2. The Hall–Kier alpha value is -3.80. The number of nitrogens with zero attached hydrogens (tertiary/aromatic N) is 3. The molecule has 146 valence electrons. The Morgan fingerprint density at radius 2 is 1.62 bits per heavy atom. The summed E-state index contributed by atoms with van der Waals surface area (Å²) in [5.74, 6) is -0.200. The highest BCUT2D eigenvalue weighted by Crippen LogP contribution is 2.25. The molecule has 0 aliphatic heterocycles. The lowest BCUT2D eigenvalue weighted by atomic mass is 10.1. The Balaban J connectivity index is 1.65. The average Bonchev–Trinajstić information content (AvgIpc) is 2.71. The highest BCUT2D eigenvalue weighted by atomic mass is 16.3. The summed E-state index contributed by atoms with van der Waals surface area (Å²) in [6, 6.07) is 20.1. The van der Waals surface area contributed by atoms with Crippen LogP contribution in [0.1, 0.15) is 22.3 Å². The van der Waals surface area contributed by atoms with Gasteiger partial charge in [-0.05, 0) is 60.9 Å². The highest BCUT2D eigenvalue weighted by Gasteiger charge is 2.03. The number of benzene rings is 3. The topological polar surface area (TPSA) is 86.4 Å². The summed E-state index contributed by atoms with van der Waals surface area (Å²) in [5, 5.41) is 22.4. The van der Waals surface area contributed by atoms with Crippen LogP contribution in [0.4, 0.5) is 11.4 Å². The van der Waals surface area contributed by atoms with Crippen LogP contribution >= 0.6 is 0 Å². The third-order valence-electron chi connectivity index (χ3n) is 4.38. The van der Waals surface area contributed by atoms with Gasteiger partial charge in [0.15, 0.2) is 0 Å². The molecule has 0 aromatic heterocycles. The van der Waals surface area contributed by atoms with Crippen molar-refractivity contribution in [3.8, 4) is 5.75 Å². The summed E-state index contributed by atoms with van der Waals surface area (Å²) in [5.41, 5.74) is 7.46. The molecule has 0 atom stereocenters. The van der Waals surface area contributed by atoms with Crippen LogP contribution < -0.4 is 5.43 Å². The standard InChI is InChI=1S/C23H22N4O2/c1-16-8-9-20(12-17(16)2)25-26-21-10-11-22(28)19(14-21)15-24-27-23(29)13-18-6-4-3-5-7-18/h3-12,14-15,28H,13H2,1-2H3,(H,27,29)/b24-15-,26-25?. The molecule has 0 fully saturated rings. The zero-order valence-electron chi connectivity index (χ0n) is 16.3. The first-order valence-electron chi connectivity index (χ1n) is 9.19. The number of carbonyl (C=O) groups is 1. The van der Waals surface area contributed by atoms with E-state index in [0.717, 1.165) is 16.8 Å².